The molecule has 0 heterocycles. The molecule has 1 amide bonds. The standard InChI is InChI=1S/C21H26N2O3/c1-4-16(17-10-6-5-7-11-17)14-23-20(24)15(2)26-21(25)18-12-8-9-13-19(18)22-3/h5-13,15-16,22H,4,14H2,1-3H3,(H,23,24)/t15-,16+/m0/s1. The van der Waals surface area contributed by atoms with Crippen molar-refractivity contribution in [1.82, 2.24) is 5.32 Å². The molecule has 5 nitrogen and oxygen atoms in total. The van der Waals surface area contributed by atoms with Crippen LogP contribution in [0.4, 0.5) is 5.69 Å². The van der Waals surface area contributed by atoms with Gasteiger partial charge in [0.1, 0.15) is 0 Å². The summed E-state index contributed by atoms with van der Waals surface area (Å²) in [5.74, 6) is -0.588. The third kappa shape index (κ3) is 5.09. The zero-order valence-corrected chi connectivity index (χ0v) is 15.5. The van der Waals surface area contributed by atoms with Crippen molar-refractivity contribution in [1.29, 1.82) is 0 Å². The zero-order chi connectivity index (χ0) is 18.9. The average Bonchev–Trinajstić information content (AvgIpc) is 2.68. The lowest BCUT2D eigenvalue weighted by molar-refractivity contribution is -0.129. The largest absolute Gasteiger partial charge is 0.449 e. The van der Waals surface area contributed by atoms with E-state index < -0.39 is 12.1 Å². The van der Waals surface area contributed by atoms with Gasteiger partial charge < -0.3 is 15.4 Å². The zero-order valence-electron chi connectivity index (χ0n) is 15.5. The molecule has 0 spiro atoms. The molecule has 0 aliphatic heterocycles. The van der Waals surface area contributed by atoms with Crippen LogP contribution in [-0.4, -0.2) is 31.6 Å². The molecule has 5 heteroatoms. The fourth-order valence-electron chi connectivity index (χ4n) is 2.75. The van der Waals surface area contributed by atoms with Crippen LogP contribution in [0.15, 0.2) is 54.6 Å². The van der Waals surface area contributed by atoms with Crippen molar-refractivity contribution >= 4 is 17.6 Å². The van der Waals surface area contributed by atoms with E-state index in [9.17, 15) is 9.59 Å². The first-order valence-electron chi connectivity index (χ1n) is 8.87. The van der Waals surface area contributed by atoms with Gasteiger partial charge in [-0.2, -0.15) is 0 Å². The Morgan fingerprint density at radius 1 is 1.04 bits per heavy atom. The Morgan fingerprint density at radius 2 is 1.69 bits per heavy atom. The maximum Gasteiger partial charge on any atom is 0.341 e. The van der Waals surface area contributed by atoms with Crippen LogP contribution in [0.1, 0.15) is 42.1 Å². The summed E-state index contributed by atoms with van der Waals surface area (Å²) >= 11 is 0. The highest BCUT2D eigenvalue weighted by atomic mass is 16.5. The first kappa shape index (κ1) is 19.5. The molecule has 2 aromatic rings. The molecule has 0 saturated heterocycles. The molecular formula is C21H26N2O3. The maximum atomic E-state index is 12.3. The van der Waals surface area contributed by atoms with Crippen LogP contribution in [0.3, 0.4) is 0 Å². The van der Waals surface area contributed by atoms with E-state index in [4.69, 9.17) is 4.74 Å². The number of rotatable bonds is 8. The van der Waals surface area contributed by atoms with Crippen LogP contribution in [0, 0.1) is 0 Å². The fourth-order valence-corrected chi connectivity index (χ4v) is 2.75. The summed E-state index contributed by atoms with van der Waals surface area (Å²) in [6.45, 7) is 4.18. The van der Waals surface area contributed by atoms with E-state index in [2.05, 4.69) is 29.7 Å². The molecule has 2 N–H and O–H groups in total. The third-order valence-electron chi connectivity index (χ3n) is 4.36. The number of ether oxygens (including phenoxy) is 1. The molecule has 0 aromatic heterocycles. The van der Waals surface area contributed by atoms with Crippen molar-refractivity contribution in [2.24, 2.45) is 0 Å². The van der Waals surface area contributed by atoms with Crippen molar-refractivity contribution in [3.05, 3.63) is 65.7 Å². The lowest BCUT2D eigenvalue weighted by Gasteiger charge is -2.19. The van der Waals surface area contributed by atoms with E-state index in [0.717, 1.165) is 6.42 Å². The lowest BCUT2D eigenvalue weighted by atomic mass is 9.96. The Labute approximate surface area is 154 Å². The van der Waals surface area contributed by atoms with E-state index in [1.54, 1.807) is 32.2 Å². The summed E-state index contributed by atoms with van der Waals surface area (Å²) in [6.07, 6.45) is 0.0503. The van der Waals surface area contributed by atoms with E-state index >= 15 is 0 Å². The molecular weight excluding hydrogens is 328 g/mol. The second kappa shape index (κ2) is 9.61. The number of benzene rings is 2. The van der Waals surface area contributed by atoms with Gasteiger partial charge in [-0.05, 0) is 31.0 Å². The Morgan fingerprint density at radius 3 is 2.35 bits per heavy atom. The highest BCUT2D eigenvalue weighted by Crippen LogP contribution is 2.18. The summed E-state index contributed by atoms with van der Waals surface area (Å²) in [7, 11) is 1.73. The molecule has 2 rings (SSSR count). The Kier molecular flexibility index (Phi) is 7.21. The molecule has 26 heavy (non-hydrogen) atoms. The lowest BCUT2D eigenvalue weighted by Crippen LogP contribution is -2.38. The summed E-state index contributed by atoms with van der Waals surface area (Å²) in [4.78, 5) is 24.6. The number of carbonyl (C=O) groups is 2. The average molecular weight is 354 g/mol. The highest BCUT2D eigenvalue weighted by molar-refractivity contribution is 5.97. The third-order valence-corrected chi connectivity index (χ3v) is 4.36. The van der Waals surface area contributed by atoms with Crippen LogP contribution in [0.25, 0.3) is 0 Å². The highest BCUT2D eigenvalue weighted by Gasteiger charge is 2.21. The molecule has 2 aromatic carbocycles. The maximum absolute atomic E-state index is 12.3. The number of hydrogen-bond acceptors (Lipinski definition) is 4. The minimum Gasteiger partial charge on any atom is -0.449 e. The number of nitrogens with one attached hydrogen (secondary N) is 2. The summed E-state index contributed by atoms with van der Waals surface area (Å²) in [5.41, 5.74) is 2.26. The van der Waals surface area contributed by atoms with Gasteiger partial charge >= 0.3 is 5.97 Å². The second-order valence-corrected chi connectivity index (χ2v) is 6.10. The van der Waals surface area contributed by atoms with Gasteiger partial charge in [0, 0.05) is 25.2 Å². The van der Waals surface area contributed by atoms with Crippen LogP contribution >= 0.6 is 0 Å². The fraction of sp³-hybridized carbons (Fsp3) is 0.333. The Balaban J connectivity index is 1.92. The van der Waals surface area contributed by atoms with Crippen LogP contribution in [-0.2, 0) is 9.53 Å². The van der Waals surface area contributed by atoms with Crippen molar-refractivity contribution in [3.63, 3.8) is 0 Å². The monoisotopic (exact) mass is 354 g/mol. The van der Waals surface area contributed by atoms with Crippen LogP contribution in [0.5, 0.6) is 0 Å². The molecule has 138 valence electrons. The molecule has 0 bridgehead atoms. The molecule has 0 saturated carbocycles. The first-order valence-corrected chi connectivity index (χ1v) is 8.87. The number of anilines is 1. The molecule has 0 unspecified atom stereocenters. The molecule has 2 atom stereocenters. The van der Waals surface area contributed by atoms with Crippen molar-refractivity contribution in [2.75, 3.05) is 18.9 Å². The molecule has 0 radical (unpaired) electrons. The molecule has 0 fully saturated rings. The normalized spacial score (nSPS) is 12.7. The molecule has 0 aliphatic rings. The van der Waals surface area contributed by atoms with Crippen molar-refractivity contribution in [2.45, 2.75) is 32.3 Å². The second-order valence-electron chi connectivity index (χ2n) is 6.10. The summed E-state index contributed by atoms with van der Waals surface area (Å²) < 4.78 is 5.32. The Hall–Kier alpha value is -2.82. The van der Waals surface area contributed by atoms with Crippen molar-refractivity contribution in [3.8, 4) is 0 Å². The summed E-state index contributed by atoms with van der Waals surface area (Å²) in [5, 5.41) is 5.83. The van der Waals surface area contributed by atoms with Crippen LogP contribution < -0.4 is 10.6 Å². The van der Waals surface area contributed by atoms with Gasteiger partial charge in [-0.15, -0.1) is 0 Å². The van der Waals surface area contributed by atoms with Crippen LogP contribution in [0.2, 0.25) is 0 Å². The number of amides is 1. The van der Waals surface area contributed by atoms with E-state index in [0.29, 0.717) is 17.8 Å². The minimum atomic E-state index is -0.860. The van der Waals surface area contributed by atoms with Gasteiger partial charge in [0.25, 0.3) is 5.91 Å². The first-order chi connectivity index (χ1) is 12.6. The van der Waals surface area contributed by atoms with Gasteiger partial charge in [0.05, 0.1) is 5.56 Å². The number of carbonyl (C=O) groups excluding carboxylic acids is 2. The van der Waals surface area contributed by atoms with E-state index in [1.165, 1.54) is 5.56 Å². The van der Waals surface area contributed by atoms with E-state index in [1.807, 2.05) is 24.3 Å². The number of para-hydroxylation sites is 1. The molecule has 0 aliphatic carbocycles. The minimum absolute atomic E-state index is 0.230. The number of esters is 1. The quantitative estimate of drug-likeness (QED) is 0.711. The van der Waals surface area contributed by atoms with Gasteiger partial charge in [0.2, 0.25) is 0 Å². The Bertz CT molecular complexity index is 731. The smallest absolute Gasteiger partial charge is 0.341 e. The predicted octanol–water partition coefficient (Wildman–Crippen LogP) is 3.58. The topological polar surface area (TPSA) is 67.4 Å². The van der Waals surface area contributed by atoms with Gasteiger partial charge in [-0.25, -0.2) is 4.79 Å². The predicted molar refractivity (Wildman–Crippen MR) is 103 cm³/mol. The van der Waals surface area contributed by atoms with Gasteiger partial charge in [-0.3, -0.25) is 4.79 Å². The van der Waals surface area contributed by atoms with Gasteiger partial charge in [0.15, 0.2) is 6.10 Å². The summed E-state index contributed by atoms with van der Waals surface area (Å²) in [6, 6.07) is 17.1. The van der Waals surface area contributed by atoms with Gasteiger partial charge in [-0.1, -0.05) is 49.4 Å². The number of hydrogen-bond donors (Lipinski definition) is 2. The van der Waals surface area contributed by atoms with Crippen molar-refractivity contribution < 1.29 is 14.3 Å². The van der Waals surface area contributed by atoms with E-state index in [-0.39, 0.29) is 11.8 Å². The SMILES string of the molecule is CC[C@H](CNC(=O)[C@H](C)OC(=O)c1ccccc1NC)c1ccccc1.